The van der Waals surface area contributed by atoms with Crippen molar-refractivity contribution in [2.45, 2.75) is 38.5 Å². The summed E-state index contributed by atoms with van der Waals surface area (Å²) in [7, 11) is 2.04. The summed E-state index contributed by atoms with van der Waals surface area (Å²) in [6.07, 6.45) is 2.68. The van der Waals surface area contributed by atoms with Crippen LogP contribution in [0.5, 0.6) is 0 Å². The number of hydrogen-bond donors (Lipinski definition) is 3. The normalized spacial score (nSPS) is 25.1. The van der Waals surface area contributed by atoms with E-state index in [0.717, 1.165) is 13.1 Å². The lowest BCUT2D eigenvalue weighted by Gasteiger charge is -2.35. The first-order valence-corrected chi connectivity index (χ1v) is 9.78. The van der Waals surface area contributed by atoms with Crippen molar-refractivity contribution in [2.75, 3.05) is 45.2 Å². The van der Waals surface area contributed by atoms with Gasteiger partial charge in [-0.1, -0.05) is 17.3 Å². The zero-order chi connectivity index (χ0) is 21.0. The monoisotopic (exact) mass is 407 g/mol. The van der Waals surface area contributed by atoms with Crippen LogP contribution in [0.15, 0.2) is 16.7 Å². The summed E-state index contributed by atoms with van der Waals surface area (Å²) < 4.78 is 10.9. The zero-order valence-corrected chi connectivity index (χ0v) is 17.1. The molecule has 3 rings (SSSR count). The van der Waals surface area contributed by atoms with E-state index in [9.17, 15) is 14.7 Å². The van der Waals surface area contributed by atoms with Gasteiger partial charge in [-0.25, -0.2) is 4.79 Å². The van der Waals surface area contributed by atoms with Gasteiger partial charge in [-0.15, -0.1) is 0 Å². The van der Waals surface area contributed by atoms with E-state index in [1.807, 2.05) is 11.9 Å². The van der Waals surface area contributed by atoms with Gasteiger partial charge in [0.05, 0.1) is 25.2 Å². The number of rotatable bonds is 5. The first-order valence-electron chi connectivity index (χ1n) is 9.78. The number of urea groups is 1. The average molecular weight is 407 g/mol. The number of aliphatic hydroxyl groups is 1. The fraction of sp³-hybridized carbons (Fsp3) is 0.632. The Labute approximate surface area is 169 Å². The summed E-state index contributed by atoms with van der Waals surface area (Å²) in [4.78, 5) is 28.8. The molecule has 3 heterocycles. The molecule has 3 atom stereocenters. The number of ether oxygens (including phenoxy) is 1. The lowest BCUT2D eigenvalue weighted by molar-refractivity contribution is -0.137. The molecule has 2 aliphatic rings. The molecule has 10 heteroatoms. The number of amides is 3. The van der Waals surface area contributed by atoms with Gasteiger partial charge in [0, 0.05) is 26.2 Å². The molecule has 29 heavy (non-hydrogen) atoms. The molecule has 0 saturated carbocycles. The maximum absolute atomic E-state index is 12.5. The molecular formula is C19H29N5O5. The predicted molar refractivity (Wildman–Crippen MR) is 106 cm³/mol. The van der Waals surface area contributed by atoms with Crippen LogP contribution in [0, 0.1) is 13.8 Å². The Hall–Kier alpha value is -2.43. The molecule has 2 aliphatic heterocycles. The van der Waals surface area contributed by atoms with Gasteiger partial charge in [-0.2, -0.15) is 0 Å². The van der Waals surface area contributed by atoms with Gasteiger partial charge in [0.2, 0.25) is 5.91 Å². The standard InChI is InChI=1S/C19H29N5O5/c1-12-18(13(2)29-22-12)21-19(27)20-15-5-4-14(28-16(15)11-25)10-17(26)24-8-6-23(3)7-9-24/h4-5,14-16,25H,6-11H2,1-3H3,(H2,20,21,27)/t14-,15+,16-/m0/s1. The summed E-state index contributed by atoms with van der Waals surface area (Å²) in [6, 6.07) is -0.974. The van der Waals surface area contributed by atoms with Crippen LogP contribution in [0.25, 0.3) is 0 Å². The number of nitrogens with one attached hydrogen (secondary N) is 2. The van der Waals surface area contributed by atoms with Gasteiger partial charge in [-0.3, -0.25) is 4.79 Å². The smallest absolute Gasteiger partial charge is 0.319 e. The number of aromatic nitrogens is 1. The van der Waals surface area contributed by atoms with Crippen molar-refractivity contribution in [1.29, 1.82) is 0 Å². The molecule has 1 fully saturated rings. The van der Waals surface area contributed by atoms with Crippen LogP contribution in [0.1, 0.15) is 17.9 Å². The minimum atomic E-state index is -0.638. The topological polar surface area (TPSA) is 120 Å². The predicted octanol–water partition coefficient (Wildman–Crippen LogP) is 0.262. The first-order chi connectivity index (χ1) is 13.9. The van der Waals surface area contributed by atoms with E-state index in [-0.39, 0.29) is 18.9 Å². The fourth-order valence-corrected chi connectivity index (χ4v) is 3.46. The molecule has 1 aromatic heterocycles. The highest BCUT2D eigenvalue weighted by atomic mass is 16.5. The van der Waals surface area contributed by atoms with E-state index >= 15 is 0 Å². The highest BCUT2D eigenvalue weighted by Crippen LogP contribution is 2.20. The van der Waals surface area contributed by atoms with Crippen LogP contribution in [-0.4, -0.2) is 90.1 Å². The Morgan fingerprint density at radius 2 is 1.97 bits per heavy atom. The van der Waals surface area contributed by atoms with Gasteiger partial charge in [-0.05, 0) is 20.9 Å². The van der Waals surface area contributed by atoms with E-state index in [2.05, 4.69) is 20.7 Å². The number of aryl methyl sites for hydroxylation is 2. The highest BCUT2D eigenvalue weighted by molar-refractivity contribution is 5.90. The van der Waals surface area contributed by atoms with Crippen molar-refractivity contribution in [2.24, 2.45) is 0 Å². The van der Waals surface area contributed by atoms with Gasteiger partial charge in [0.15, 0.2) is 5.76 Å². The largest absolute Gasteiger partial charge is 0.394 e. The maximum Gasteiger partial charge on any atom is 0.319 e. The molecule has 10 nitrogen and oxygen atoms in total. The molecule has 0 aromatic carbocycles. The third-order valence-corrected chi connectivity index (χ3v) is 5.26. The third-order valence-electron chi connectivity index (χ3n) is 5.26. The van der Waals surface area contributed by atoms with Gasteiger partial charge in [0.25, 0.3) is 0 Å². The molecule has 0 bridgehead atoms. The summed E-state index contributed by atoms with van der Waals surface area (Å²) in [5, 5.41) is 18.9. The van der Waals surface area contributed by atoms with Crippen LogP contribution in [0.3, 0.4) is 0 Å². The number of carbonyl (C=O) groups excluding carboxylic acids is 2. The number of nitrogens with zero attached hydrogens (tertiary/aromatic N) is 3. The second-order valence-electron chi connectivity index (χ2n) is 7.49. The van der Waals surface area contributed by atoms with Crippen LogP contribution in [0.2, 0.25) is 0 Å². The molecule has 0 unspecified atom stereocenters. The second kappa shape index (κ2) is 9.38. The summed E-state index contributed by atoms with van der Waals surface area (Å²) in [5.74, 6) is 0.543. The minimum absolute atomic E-state index is 0.0343. The Balaban J connectivity index is 1.54. The SMILES string of the molecule is Cc1noc(C)c1NC(=O)N[C@@H]1C=C[C@@H](CC(=O)N2CCN(C)CC2)O[C@H]1CO. The number of likely N-dealkylation sites (N-methyl/N-ethyl adjacent to an activating group) is 1. The molecule has 3 N–H and O–H groups in total. The number of anilines is 1. The van der Waals surface area contributed by atoms with Crippen molar-refractivity contribution in [3.8, 4) is 0 Å². The van der Waals surface area contributed by atoms with E-state index in [0.29, 0.717) is 30.2 Å². The van der Waals surface area contributed by atoms with Gasteiger partial charge in [0.1, 0.15) is 17.5 Å². The molecule has 160 valence electrons. The van der Waals surface area contributed by atoms with E-state index in [1.54, 1.807) is 26.0 Å². The van der Waals surface area contributed by atoms with Crippen molar-refractivity contribution >= 4 is 17.6 Å². The average Bonchev–Trinajstić information content (AvgIpc) is 3.01. The quantitative estimate of drug-likeness (QED) is 0.599. The molecular weight excluding hydrogens is 378 g/mol. The van der Waals surface area contributed by atoms with Gasteiger partial charge < -0.3 is 34.8 Å². The molecule has 1 saturated heterocycles. The van der Waals surface area contributed by atoms with Crippen molar-refractivity contribution in [3.63, 3.8) is 0 Å². The lowest BCUT2D eigenvalue weighted by Crippen LogP contribution is -2.51. The number of piperazine rings is 1. The Morgan fingerprint density at radius 1 is 1.24 bits per heavy atom. The van der Waals surface area contributed by atoms with E-state index in [4.69, 9.17) is 9.26 Å². The highest BCUT2D eigenvalue weighted by Gasteiger charge is 2.30. The Kier molecular flexibility index (Phi) is 6.88. The molecule has 1 aromatic rings. The molecule has 3 amide bonds. The molecule has 0 radical (unpaired) electrons. The first kappa shape index (κ1) is 21.3. The zero-order valence-electron chi connectivity index (χ0n) is 17.1. The van der Waals surface area contributed by atoms with Crippen LogP contribution < -0.4 is 10.6 Å². The fourth-order valence-electron chi connectivity index (χ4n) is 3.46. The molecule has 0 spiro atoms. The van der Waals surface area contributed by atoms with E-state index < -0.39 is 24.3 Å². The summed E-state index contributed by atoms with van der Waals surface area (Å²) in [6.45, 7) is 6.30. The number of aliphatic hydroxyl groups excluding tert-OH is 1. The van der Waals surface area contributed by atoms with E-state index in [1.165, 1.54) is 0 Å². The molecule has 0 aliphatic carbocycles. The third kappa shape index (κ3) is 5.34. The van der Waals surface area contributed by atoms with Crippen molar-refractivity contribution in [3.05, 3.63) is 23.6 Å². The second-order valence-corrected chi connectivity index (χ2v) is 7.49. The van der Waals surface area contributed by atoms with Crippen molar-refractivity contribution < 1.29 is 24.0 Å². The maximum atomic E-state index is 12.5. The van der Waals surface area contributed by atoms with Crippen LogP contribution >= 0.6 is 0 Å². The van der Waals surface area contributed by atoms with Crippen LogP contribution in [0.4, 0.5) is 10.5 Å². The summed E-state index contributed by atoms with van der Waals surface area (Å²) >= 11 is 0. The van der Waals surface area contributed by atoms with Crippen LogP contribution in [-0.2, 0) is 9.53 Å². The lowest BCUT2D eigenvalue weighted by atomic mass is 10.0. The van der Waals surface area contributed by atoms with Gasteiger partial charge >= 0.3 is 6.03 Å². The minimum Gasteiger partial charge on any atom is -0.394 e. The Morgan fingerprint density at radius 3 is 2.59 bits per heavy atom. The van der Waals surface area contributed by atoms with Crippen molar-refractivity contribution in [1.82, 2.24) is 20.3 Å². The number of carbonyl (C=O) groups is 2. The Bertz CT molecular complexity index is 737. The summed E-state index contributed by atoms with van der Waals surface area (Å²) in [5.41, 5.74) is 1.09. The number of hydrogen-bond acceptors (Lipinski definition) is 7.